The lowest BCUT2D eigenvalue weighted by Gasteiger charge is -2.32. The second kappa shape index (κ2) is 9.06. The van der Waals surface area contributed by atoms with Gasteiger partial charge in [-0.25, -0.2) is 4.39 Å². The number of hydrogen-bond donors (Lipinski definition) is 2. The van der Waals surface area contributed by atoms with Gasteiger partial charge in [-0.3, -0.25) is 14.7 Å². The highest BCUT2D eigenvalue weighted by Crippen LogP contribution is 2.25. The topological polar surface area (TPSA) is 109 Å². The summed E-state index contributed by atoms with van der Waals surface area (Å²) < 4.78 is 18.6. The first-order valence-corrected chi connectivity index (χ1v) is 9.71. The molecule has 9 nitrogen and oxygen atoms in total. The predicted molar refractivity (Wildman–Crippen MR) is 107 cm³/mol. The van der Waals surface area contributed by atoms with Gasteiger partial charge >= 0.3 is 0 Å². The smallest absolute Gasteiger partial charge is 0.251 e. The van der Waals surface area contributed by atoms with Crippen LogP contribution in [-0.2, 0) is 4.74 Å². The normalized spacial score (nSPS) is 15.7. The van der Waals surface area contributed by atoms with Crippen LogP contribution in [0.25, 0.3) is 22.6 Å². The molecule has 0 aliphatic carbocycles. The van der Waals surface area contributed by atoms with Crippen LogP contribution in [0.15, 0.2) is 36.5 Å². The van der Waals surface area contributed by atoms with Gasteiger partial charge < -0.3 is 10.1 Å². The van der Waals surface area contributed by atoms with Crippen molar-refractivity contribution in [3.63, 3.8) is 0 Å². The van der Waals surface area contributed by atoms with E-state index in [1.54, 1.807) is 24.3 Å². The first-order valence-electron chi connectivity index (χ1n) is 9.71. The van der Waals surface area contributed by atoms with Crippen molar-refractivity contribution >= 4 is 5.91 Å². The van der Waals surface area contributed by atoms with Crippen LogP contribution in [0.4, 0.5) is 4.39 Å². The number of halogens is 1. The number of carbonyl (C=O) groups is 1. The SMILES string of the molecule is CC(CNC(=O)c1cc(-c2ccc(F)cn2)cc(-c2nn[nH]n2)c1)N1CCOCC1. The lowest BCUT2D eigenvalue weighted by Crippen LogP contribution is -2.47. The summed E-state index contributed by atoms with van der Waals surface area (Å²) in [5.41, 5.74) is 2.24. The maximum absolute atomic E-state index is 13.3. The van der Waals surface area contributed by atoms with E-state index in [1.165, 1.54) is 6.07 Å². The molecule has 4 rings (SSSR count). The zero-order valence-corrected chi connectivity index (χ0v) is 16.5. The molecule has 2 N–H and O–H groups in total. The molecule has 1 saturated heterocycles. The minimum absolute atomic E-state index is 0.191. The molecule has 3 aromatic rings. The molecular weight excluding hydrogens is 389 g/mol. The van der Waals surface area contributed by atoms with Crippen LogP contribution in [0, 0.1) is 5.82 Å². The molecule has 1 aromatic carbocycles. The second-order valence-electron chi connectivity index (χ2n) is 7.10. The molecular formula is C20H22FN7O2. The summed E-state index contributed by atoms with van der Waals surface area (Å²) in [5.74, 6) is -0.290. The molecule has 0 saturated carbocycles. The Hall–Kier alpha value is -3.24. The van der Waals surface area contributed by atoms with E-state index in [-0.39, 0.29) is 11.9 Å². The van der Waals surface area contributed by atoms with Crippen LogP contribution in [0.3, 0.4) is 0 Å². The Balaban J connectivity index is 1.56. The summed E-state index contributed by atoms with van der Waals surface area (Å²) in [4.78, 5) is 19.3. The molecule has 156 valence electrons. The maximum Gasteiger partial charge on any atom is 0.251 e. The molecule has 1 amide bonds. The summed E-state index contributed by atoms with van der Waals surface area (Å²) in [6.07, 6.45) is 1.14. The third kappa shape index (κ3) is 4.66. The molecule has 1 atom stereocenters. The number of tetrazole rings is 1. The number of aromatic amines is 1. The van der Waals surface area contributed by atoms with Crippen LogP contribution < -0.4 is 5.32 Å². The third-order valence-electron chi connectivity index (χ3n) is 5.05. The number of benzene rings is 1. The van der Waals surface area contributed by atoms with Gasteiger partial charge in [0, 0.05) is 42.4 Å². The van der Waals surface area contributed by atoms with Gasteiger partial charge in [0.05, 0.1) is 25.1 Å². The monoisotopic (exact) mass is 411 g/mol. The molecule has 3 heterocycles. The standard InChI is InChI=1S/C20H22FN7O2/c1-13(28-4-6-30-7-5-28)11-23-20(29)16-9-14(18-3-2-17(21)12-22-18)8-15(10-16)19-24-26-27-25-19/h2-3,8-10,12-13H,4-7,11H2,1H3,(H,23,29)(H,24,25,26,27). The maximum atomic E-state index is 13.3. The molecule has 2 aromatic heterocycles. The third-order valence-corrected chi connectivity index (χ3v) is 5.05. The van der Waals surface area contributed by atoms with Gasteiger partial charge in [-0.1, -0.05) is 0 Å². The van der Waals surface area contributed by atoms with Crippen molar-refractivity contribution in [1.82, 2.24) is 35.8 Å². The van der Waals surface area contributed by atoms with Gasteiger partial charge in [0.15, 0.2) is 0 Å². The number of nitrogens with one attached hydrogen (secondary N) is 2. The van der Waals surface area contributed by atoms with Crippen LogP contribution in [0.1, 0.15) is 17.3 Å². The highest BCUT2D eigenvalue weighted by molar-refractivity contribution is 5.96. The zero-order valence-electron chi connectivity index (χ0n) is 16.5. The Kier molecular flexibility index (Phi) is 6.05. The van der Waals surface area contributed by atoms with Gasteiger partial charge in [-0.2, -0.15) is 5.21 Å². The molecule has 1 aliphatic heterocycles. The molecule has 1 unspecified atom stereocenters. The van der Waals surface area contributed by atoms with Crippen molar-refractivity contribution in [2.24, 2.45) is 0 Å². The van der Waals surface area contributed by atoms with Crippen molar-refractivity contribution in [3.8, 4) is 22.6 Å². The van der Waals surface area contributed by atoms with Crippen molar-refractivity contribution in [2.75, 3.05) is 32.8 Å². The summed E-state index contributed by atoms with van der Waals surface area (Å²) >= 11 is 0. The highest BCUT2D eigenvalue weighted by atomic mass is 19.1. The number of H-pyrrole nitrogens is 1. The Labute approximate surface area is 172 Å². The lowest BCUT2D eigenvalue weighted by molar-refractivity contribution is 0.0204. The molecule has 1 aliphatic rings. The first kappa shape index (κ1) is 20.0. The number of nitrogens with zero attached hydrogens (tertiary/aromatic N) is 5. The minimum atomic E-state index is -0.428. The van der Waals surface area contributed by atoms with E-state index in [0.29, 0.717) is 48.0 Å². The Morgan fingerprint density at radius 3 is 2.77 bits per heavy atom. The van der Waals surface area contributed by atoms with Gasteiger partial charge in [0.1, 0.15) is 5.82 Å². The molecule has 0 bridgehead atoms. The summed E-state index contributed by atoms with van der Waals surface area (Å²) in [6, 6.07) is 8.29. The fourth-order valence-electron chi connectivity index (χ4n) is 3.36. The first-order chi connectivity index (χ1) is 14.6. The summed E-state index contributed by atoms with van der Waals surface area (Å²) in [7, 11) is 0. The summed E-state index contributed by atoms with van der Waals surface area (Å²) in [5, 5.41) is 17.0. The van der Waals surface area contributed by atoms with Crippen molar-refractivity contribution in [2.45, 2.75) is 13.0 Å². The molecule has 30 heavy (non-hydrogen) atoms. The number of amides is 1. The van der Waals surface area contributed by atoms with Gasteiger partial charge in [-0.05, 0) is 42.5 Å². The van der Waals surface area contributed by atoms with Crippen LogP contribution in [-0.4, -0.2) is 75.3 Å². The van der Waals surface area contributed by atoms with E-state index in [9.17, 15) is 9.18 Å². The number of carbonyl (C=O) groups excluding carboxylic acids is 1. The number of ether oxygens (including phenoxy) is 1. The second-order valence-corrected chi connectivity index (χ2v) is 7.10. The van der Waals surface area contributed by atoms with Crippen LogP contribution in [0.2, 0.25) is 0 Å². The van der Waals surface area contributed by atoms with E-state index in [2.05, 4.69) is 42.7 Å². The van der Waals surface area contributed by atoms with E-state index >= 15 is 0 Å². The fraction of sp³-hybridized carbons (Fsp3) is 0.350. The number of morpholine rings is 1. The predicted octanol–water partition coefficient (Wildman–Crippen LogP) is 1.52. The van der Waals surface area contributed by atoms with Gasteiger partial charge in [0.2, 0.25) is 5.82 Å². The number of pyridine rings is 1. The van der Waals surface area contributed by atoms with Crippen LogP contribution in [0.5, 0.6) is 0 Å². The molecule has 0 radical (unpaired) electrons. The number of rotatable bonds is 6. The highest BCUT2D eigenvalue weighted by Gasteiger charge is 2.19. The van der Waals surface area contributed by atoms with Crippen molar-refractivity contribution in [3.05, 3.63) is 47.9 Å². The van der Waals surface area contributed by atoms with E-state index in [0.717, 1.165) is 19.3 Å². The molecule has 10 heteroatoms. The van der Waals surface area contributed by atoms with E-state index < -0.39 is 5.82 Å². The largest absolute Gasteiger partial charge is 0.379 e. The molecule has 1 fully saturated rings. The summed E-state index contributed by atoms with van der Waals surface area (Å²) in [6.45, 7) is 5.71. The van der Waals surface area contributed by atoms with Crippen LogP contribution >= 0.6 is 0 Å². The Morgan fingerprint density at radius 1 is 1.27 bits per heavy atom. The average Bonchev–Trinajstić information content (AvgIpc) is 3.33. The zero-order chi connectivity index (χ0) is 20.9. The fourth-order valence-corrected chi connectivity index (χ4v) is 3.36. The quantitative estimate of drug-likeness (QED) is 0.633. The van der Waals surface area contributed by atoms with E-state index in [4.69, 9.17) is 4.74 Å². The Bertz CT molecular complexity index is 989. The number of hydrogen-bond acceptors (Lipinski definition) is 7. The van der Waals surface area contributed by atoms with Crippen molar-refractivity contribution < 1.29 is 13.9 Å². The Morgan fingerprint density at radius 2 is 2.07 bits per heavy atom. The minimum Gasteiger partial charge on any atom is -0.379 e. The van der Waals surface area contributed by atoms with Crippen molar-refractivity contribution in [1.29, 1.82) is 0 Å². The van der Waals surface area contributed by atoms with Gasteiger partial charge in [-0.15, -0.1) is 10.2 Å². The van der Waals surface area contributed by atoms with Gasteiger partial charge in [0.25, 0.3) is 5.91 Å². The number of aromatic nitrogens is 5. The van der Waals surface area contributed by atoms with E-state index in [1.807, 2.05) is 0 Å². The molecule has 0 spiro atoms. The lowest BCUT2D eigenvalue weighted by atomic mass is 10.0. The average molecular weight is 411 g/mol.